The van der Waals surface area contributed by atoms with E-state index < -0.39 is 5.97 Å². The van der Waals surface area contributed by atoms with Crippen LogP contribution in [-0.2, 0) is 4.74 Å². The molecule has 0 saturated carbocycles. The van der Waals surface area contributed by atoms with E-state index in [4.69, 9.17) is 21.4 Å². The number of carbonyl (C=O) groups is 1. The van der Waals surface area contributed by atoms with Crippen molar-refractivity contribution in [3.63, 3.8) is 0 Å². The average molecular weight is 286 g/mol. The maximum atomic E-state index is 10.9. The van der Waals surface area contributed by atoms with Crippen molar-refractivity contribution in [3.05, 3.63) is 28.8 Å². The Labute approximate surface area is 118 Å². The molecule has 0 amide bonds. The fraction of sp³-hybridized carbons (Fsp3) is 0.500. The first-order valence-corrected chi connectivity index (χ1v) is 6.67. The van der Waals surface area contributed by atoms with Crippen molar-refractivity contribution in [1.82, 2.24) is 0 Å². The number of aromatic carboxylic acids is 1. The Balaban J connectivity index is 3.04. The third kappa shape index (κ3) is 4.11. The number of anilines is 1. The molecule has 106 valence electrons. The van der Waals surface area contributed by atoms with Crippen LogP contribution in [0.15, 0.2) is 18.2 Å². The van der Waals surface area contributed by atoms with Crippen molar-refractivity contribution >= 4 is 23.3 Å². The number of nitrogens with zero attached hydrogens (tertiary/aromatic N) is 1. The number of carboxylic acids is 1. The Morgan fingerprint density at radius 3 is 2.68 bits per heavy atom. The summed E-state index contributed by atoms with van der Waals surface area (Å²) in [5.74, 6) is -0.972. The van der Waals surface area contributed by atoms with Crippen molar-refractivity contribution in [1.29, 1.82) is 0 Å². The lowest BCUT2D eigenvalue weighted by Crippen LogP contribution is -2.35. The van der Waals surface area contributed by atoms with Crippen LogP contribution in [0.5, 0.6) is 0 Å². The summed E-state index contributed by atoms with van der Waals surface area (Å²) in [6, 6.07) is 5.13. The molecule has 1 atom stereocenters. The van der Waals surface area contributed by atoms with Crippen LogP contribution in [0.2, 0.25) is 5.02 Å². The average Bonchev–Trinajstić information content (AvgIpc) is 2.39. The Morgan fingerprint density at radius 1 is 1.53 bits per heavy atom. The fourth-order valence-electron chi connectivity index (χ4n) is 1.86. The summed E-state index contributed by atoms with van der Waals surface area (Å²) in [7, 11) is 1.66. The van der Waals surface area contributed by atoms with Crippen molar-refractivity contribution in [3.8, 4) is 0 Å². The van der Waals surface area contributed by atoms with Crippen LogP contribution in [0.25, 0.3) is 0 Å². The van der Waals surface area contributed by atoms with Gasteiger partial charge in [0.15, 0.2) is 0 Å². The zero-order valence-electron chi connectivity index (χ0n) is 11.5. The van der Waals surface area contributed by atoms with Crippen molar-refractivity contribution in [2.45, 2.75) is 26.3 Å². The molecule has 0 aliphatic carbocycles. The highest BCUT2D eigenvalue weighted by atomic mass is 35.5. The topological polar surface area (TPSA) is 49.8 Å². The molecule has 1 unspecified atom stereocenters. The number of halogens is 1. The second-order valence-electron chi connectivity index (χ2n) is 4.41. The van der Waals surface area contributed by atoms with Crippen molar-refractivity contribution in [2.75, 3.05) is 25.2 Å². The summed E-state index contributed by atoms with van der Waals surface area (Å²) in [4.78, 5) is 13.0. The maximum absolute atomic E-state index is 10.9. The van der Waals surface area contributed by atoms with E-state index in [9.17, 15) is 4.79 Å². The van der Waals surface area contributed by atoms with E-state index in [1.807, 2.05) is 0 Å². The van der Waals surface area contributed by atoms with Gasteiger partial charge in [-0.2, -0.15) is 0 Å². The summed E-state index contributed by atoms with van der Waals surface area (Å²) in [5, 5.41) is 9.40. The molecule has 1 N–H and O–H groups in total. The van der Waals surface area contributed by atoms with E-state index in [1.165, 1.54) is 6.07 Å². The van der Waals surface area contributed by atoms with Gasteiger partial charge in [-0.1, -0.05) is 18.5 Å². The highest BCUT2D eigenvalue weighted by Crippen LogP contribution is 2.29. The lowest BCUT2D eigenvalue weighted by molar-refractivity contribution is 0.0697. The summed E-state index contributed by atoms with van der Waals surface area (Å²) >= 11 is 6.20. The number of carboxylic acid groups (broad SMARTS) is 1. The summed E-state index contributed by atoms with van der Waals surface area (Å²) in [6.07, 6.45) is 0.973. The van der Waals surface area contributed by atoms with Crippen LogP contribution in [0.3, 0.4) is 0 Å². The smallest absolute Gasteiger partial charge is 0.335 e. The van der Waals surface area contributed by atoms with Gasteiger partial charge < -0.3 is 14.7 Å². The van der Waals surface area contributed by atoms with Crippen LogP contribution in [0.4, 0.5) is 5.69 Å². The molecule has 0 radical (unpaired) electrons. The molecule has 0 aliphatic heterocycles. The third-order valence-corrected chi connectivity index (χ3v) is 3.47. The first-order valence-electron chi connectivity index (χ1n) is 6.29. The molecule has 0 fully saturated rings. The van der Waals surface area contributed by atoms with Gasteiger partial charge >= 0.3 is 5.97 Å². The second kappa shape index (κ2) is 7.36. The van der Waals surface area contributed by atoms with Gasteiger partial charge in [0, 0.05) is 19.7 Å². The van der Waals surface area contributed by atoms with E-state index in [2.05, 4.69) is 18.7 Å². The normalized spacial score (nSPS) is 12.2. The number of rotatable bonds is 7. The van der Waals surface area contributed by atoms with E-state index in [0.29, 0.717) is 17.7 Å². The van der Waals surface area contributed by atoms with Crippen molar-refractivity contribution in [2.24, 2.45) is 0 Å². The van der Waals surface area contributed by atoms with Gasteiger partial charge in [0.1, 0.15) is 0 Å². The molecule has 5 heteroatoms. The predicted molar refractivity (Wildman–Crippen MR) is 77.4 cm³/mol. The summed E-state index contributed by atoms with van der Waals surface area (Å²) in [5.41, 5.74) is 1.04. The van der Waals surface area contributed by atoms with Gasteiger partial charge in [-0.05, 0) is 31.5 Å². The number of hydrogen-bond acceptors (Lipinski definition) is 3. The van der Waals surface area contributed by atoms with Gasteiger partial charge in [-0.25, -0.2) is 4.79 Å². The quantitative estimate of drug-likeness (QED) is 0.835. The summed E-state index contributed by atoms with van der Waals surface area (Å²) in [6.45, 7) is 5.53. The molecule has 0 aromatic heterocycles. The second-order valence-corrected chi connectivity index (χ2v) is 4.82. The summed E-state index contributed by atoms with van der Waals surface area (Å²) < 4.78 is 5.11. The first kappa shape index (κ1) is 15.8. The van der Waals surface area contributed by atoms with Crippen LogP contribution in [0.1, 0.15) is 30.6 Å². The van der Waals surface area contributed by atoms with Gasteiger partial charge in [0.05, 0.1) is 22.9 Å². The Hall–Kier alpha value is -1.26. The molecule has 0 spiro atoms. The van der Waals surface area contributed by atoms with Gasteiger partial charge in [0.2, 0.25) is 0 Å². The van der Waals surface area contributed by atoms with E-state index in [-0.39, 0.29) is 5.56 Å². The third-order valence-electron chi connectivity index (χ3n) is 3.16. The minimum Gasteiger partial charge on any atom is -0.478 e. The highest BCUT2D eigenvalue weighted by Gasteiger charge is 2.17. The predicted octanol–water partition coefficient (Wildman–Crippen LogP) is 3.29. The van der Waals surface area contributed by atoms with E-state index >= 15 is 0 Å². The van der Waals surface area contributed by atoms with Gasteiger partial charge in [0.25, 0.3) is 0 Å². The zero-order valence-corrected chi connectivity index (χ0v) is 12.3. The van der Waals surface area contributed by atoms with E-state index in [1.54, 1.807) is 19.2 Å². The molecule has 0 heterocycles. The first-order chi connectivity index (χ1) is 9.01. The molecule has 0 saturated heterocycles. The van der Waals surface area contributed by atoms with E-state index in [0.717, 1.165) is 18.7 Å². The number of ether oxygens (including phenoxy) is 1. The zero-order chi connectivity index (χ0) is 14.4. The minimum absolute atomic E-state index is 0.199. The Kier molecular flexibility index (Phi) is 6.12. The van der Waals surface area contributed by atoms with Crippen LogP contribution in [-0.4, -0.2) is 37.4 Å². The molecule has 0 aliphatic rings. The highest BCUT2D eigenvalue weighted by molar-refractivity contribution is 6.33. The fourth-order valence-corrected chi connectivity index (χ4v) is 2.15. The van der Waals surface area contributed by atoms with Gasteiger partial charge in [-0.15, -0.1) is 0 Å². The molecular formula is C14H20ClNO3. The SMILES string of the molecule is CCC(C)N(CCOC)c1ccc(C(=O)O)cc1Cl. The molecule has 1 rings (SSSR count). The van der Waals surface area contributed by atoms with Crippen LogP contribution in [0, 0.1) is 0 Å². The van der Waals surface area contributed by atoms with Crippen LogP contribution >= 0.6 is 11.6 Å². The monoisotopic (exact) mass is 285 g/mol. The molecule has 19 heavy (non-hydrogen) atoms. The number of benzene rings is 1. The lowest BCUT2D eigenvalue weighted by Gasteiger charge is -2.31. The van der Waals surface area contributed by atoms with Gasteiger partial charge in [-0.3, -0.25) is 0 Å². The standard InChI is InChI=1S/C14H20ClNO3/c1-4-10(2)16(7-8-19-3)13-6-5-11(14(17)18)9-12(13)15/h5-6,9-10H,4,7-8H2,1-3H3,(H,17,18). The molecule has 0 bridgehead atoms. The lowest BCUT2D eigenvalue weighted by atomic mass is 10.1. The molecule has 1 aromatic rings. The number of methoxy groups -OCH3 is 1. The van der Waals surface area contributed by atoms with Crippen molar-refractivity contribution < 1.29 is 14.6 Å². The Morgan fingerprint density at radius 2 is 2.21 bits per heavy atom. The Bertz CT molecular complexity index is 437. The van der Waals surface area contributed by atoms with Crippen LogP contribution < -0.4 is 4.90 Å². The molecule has 4 nitrogen and oxygen atoms in total. The number of hydrogen-bond donors (Lipinski definition) is 1. The molecular weight excluding hydrogens is 266 g/mol. The molecule has 1 aromatic carbocycles. The maximum Gasteiger partial charge on any atom is 0.335 e. The minimum atomic E-state index is -0.972. The largest absolute Gasteiger partial charge is 0.478 e.